The molecule has 4 heteroatoms. The van der Waals surface area contributed by atoms with E-state index in [0.717, 1.165) is 32.6 Å². The number of nitrogens with zero attached hydrogens (tertiary/aromatic N) is 1. The zero-order chi connectivity index (χ0) is 12.4. The van der Waals surface area contributed by atoms with E-state index in [1.165, 1.54) is 5.01 Å². The summed E-state index contributed by atoms with van der Waals surface area (Å²) in [5, 5.41) is 6.89. The summed E-state index contributed by atoms with van der Waals surface area (Å²) in [6.07, 6.45) is 4.06. The third-order valence-electron chi connectivity index (χ3n) is 3.19. The van der Waals surface area contributed by atoms with Crippen molar-refractivity contribution in [1.29, 1.82) is 0 Å². The molecule has 1 atom stereocenters. The first-order valence-electron chi connectivity index (χ1n) is 6.20. The Morgan fingerprint density at radius 3 is 2.88 bits per heavy atom. The minimum Gasteiger partial charge on any atom is -0.381 e. The molecule has 0 aromatic carbocycles. The maximum absolute atomic E-state index is 5.61. The Morgan fingerprint density at radius 2 is 2.35 bits per heavy atom. The molecule has 1 aliphatic rings. The molecule has 0 bridgehead atoms. The van der Waals surface area contributed by atoms with E-state index in [4.69, 9.17) is 4.74 Å². The molecule has 1 aliphatic heterocycles. The van der Waals surface area contributed by atoms with E-state index in [-0.39, 0.29) is 11.0 Å². The van der Waals surface area contributed by atoms with Crippen molar-refractivity contribution < 1.29 is 4.74 Å². The molecule has 17 heavy (non-hydrogen) atoms. The van der Waals surface area contributed by atoms with E-state index in [1.54, 1.807) is 11.3 Å². The molecule has 0 spiro atoms. The Morgan fingerprint density at radius 1 is 1.53 bits per heavy atom. The summed E-state index contributed by atoms with van der Waals surface area (Å²) in [5.74, 6) is 0. The highest BCUT2D eigenvalue weighted by molar-refractivity contribution is 7.09. The first kappa shape index (κ1) is 13.0. The minimum absolute atomic E-state index is 0.165. The fraction of sp³-hybridized carbons (Fsp3) is 0.769. The first-order chi connectivity index (χ1) is 7.99. The van der Waals surface area contributed by atoms with E-state index >= 15 is 0 Å². The third kappa shape index (κ3) is 3.76. The van der Waals surface area contributed by atoms with Crippen molar-refractivity contribution >= 4 is 11.3 Å². The largest absolute Gasteiger partial charge is 0.381 e. The Balaban J connectivity index is 1.99. The van der Waals surface area contributed by atoms with Gasteiger partial charge in [-0.25, -0.2) is 4.98 Å². The number of nitrogens with one attached hydrogen (secondary N) is 1. The Labute approximate surface area is 108 Å². The van der Waals surface area contributed by atoms with Crippen molar-refractivity contribution in [3.05, 3.63) is 16.6 Å². The molecule has 96 valence electrons. The highest BCUT2D eigenvalue weighted by atomic mass is 32.1. The molecule has 2 rings (SSSR count). The van der Waals surface area contributed by atoms with Gasteiger partial charge in [0, 0.05) is 42.1 Å². The molecule has 1 aromatic rings. The SMILES string of the molecule is CC(C)(C)NCC1(Cc2nccs2)CCOC1. The summed E-state index contributed by atoms with van der Waals surface area (Å²) in [6.45, 7) is 9.38. The van der Waals surface area contributed by atoms with Gasteiger partial charge < -0.3 is 10.1 Å². The normalized spacial score (nSPS) is 25.4. The topological polar surface area (TPSA) is 34.2 Å². The second kappa shape index (κ2) is 5.04. The standard InChI is InChI=1S/C13H22N2OS/c1-12(2,3)15-9-13(4-6-16-10-13)8-11-14-5-7-17-11/h5,7,15H,4,6,8-10H2,1-3H3. The van der Waals surface area contributed by atoms with Gasteiger partial charge in [0.2, 0.25) is 0 Å². The van der Waals surface area contributed by atoms with Crippen LogP contribution in [-0.2, 0) is 11.2 Å². The van der Waals surface area contributed by atoms with Crippen LogP contribution in [0.3, 0.4) is 0 Å². The molecule has 0 saturated carbocycles. The van der Waals surface area contributed by atoms with Crippen LogP contribution in [0.25, 0.3) is 0 Å². The third-order valence-corrected chi connectivity index (χ3v) is 3.97. The number of thiazole rings is 1. The zero-order valence-corrected chi connectivity index (χ0v) is 11.8. The van der Waals surface area contributed by atoms with Crippen LogP contribution < -0.4 is 5.32 Å². The molecule has 0 aliphatic carbocycles. The van der Waals surface area contributed by atoms with Gasteiger partial charge in [-0.1, -0.05) is 0 Å². The Hall–Kier alpha value is -0.450. The smallest absolute Gasteiger partial charge is 0.0931 e. The summed E-state index contributed by atoms with van der Waals surface area (Å²) >= 11 is 1.75. The predicted molar refractivity (Wildman–Crippen MR) is 71.4 cm³/mol. The quantitative estimate of drug-likeness (QED) is 0.896. The zero-order valence-electron chi connectivity index (χ0n) is 11.0. The highest BCUT2D eigenvalue weighted by Crippen LogP contribution is 2.33. The maximum atomic E-state index is 5.61. The molecule has 1 aromatic heterocycles. The molecule has 1 N–H and O–H groups in total. The van der Waals surface area contributed by atoms with Crippen LogP contribution in [-0.4, -0.2) is 30.3 Å². The minimum atomic E-state index is 0.165. The molecule has 3 nitrogen and oxygen atoms in total. The lowest BCUT2D eigenvalue weighted by Gasteiger charge is -2.31. The van der Waals surface area contributed by atoms with Gasteiger partial charge in [0.1, 0.15) is 0 Å². The summed E-state index contributed by atoms with van der Waals surface area (Å²) in [7, 11) is 0. The first-order valence-corrected chi connectivity index (χ1v) is 7.08. The van der Waals surface area contributed by atoms with Crippen molar-refractivity contribution in [2.75, 3.05) is 19.8 Å². The summed E-state index contributed by atoms with van der Waals surface area (Å²) < 4.78 is 5.61. The molecule has 0 radical (unpaired) electrons. The van der Waals surface area contributed by atoms with Gasteiger partial charge in [0.15, 0.2) is 0 Å². The lowest BCUT2D eigenvalue weighted by atomic mass is 9.83. The van der Waals surface area contributed by atoms with E-state index in [2.05, 4.69) is 36.5 Å². The van der Waals surface area contributed by atoms with Crippen LogP contribution in [0.15, 0.2) is 11.6 Å². The van der Waals surface area contributed by atoms with Crippen molar-refractivity contribution in [2.45, 2.75) is 39.2 Å². The van der Waals surface area contributed by atoms with Gasteiger partial charge in [0.25, 0.3) is 0 Å². The van der Waals surface area contributed by atoms with Gasteiger partial charge in [-0.15, -0.1) is 11.3 Å². The van der Waals surface area contributed by atoms with Crippen molar-refractivity contribution in [3.8, 4) is 0 Å². The van der Waals surface area contributed by atoms with Gasteiger partial charge in [0.05, 0.1) is 11.6 Å². The van der Waals surface area contributed by atoms with Gasteiger partial charge >= 0.3 is 0 Å². The molecular weight excluding hydrogens is 232 g/mol. The van der Waals surface area contributed by atoms with Gasteiger partial charge in [-0.05, 0) is 27.2 Å². The van der Waals surface area contributed by atoms with Crippen molar-refractivity contribution in [1.82, 2.24) is 10.3 Å². The van der Waals surface area contributed by atoms with E-state index in [1.807, 2.05) is 6.20 Å². The molecule has 0 amide bonds. The maximum Gasteiger partial charge on any atom is 0.0931 e. The van der Waals surface area contributed by atoms with Crippen LogP contribution in [0.2, 0.25) is 0 Å². The molecule has 1 unspecified atom stereocenters. The monoisotopic (exact) mass is 254 g/mol. The summed E-state index contributed by atoms with van der Waals surface area (Å²) in [4.78, 5) is 4.40. The lowest BCUT2D eigenvalue weighted by molar-refractivity contribution is 0.144. The van der Waals surface area contributed by atoms with Gasteiger partial charge in [-0.2, -0.15) is 0 Å². The second-order valence-electron chi connectivity index (χ2n) is 6.01. The summed E-state index contributed by atoms with van der Waals surface area (Å²) in [5.41, 5.74) is 0.406. The van der Waals surface area contributed by atoms with Crippen molar-refractivity contribution in [2.24, 2.45) is 5.41 Å². The molecular formula is C13H22N2OS. The van der Waals surface area contributed by atoms with Crippen LogP contribution in [0.1, 0.15) is 32.2 Å². The van der Waals surface area contributed by atoms with Crippen LogP contribution in [0.5, 0.6) is 0 Å². The molecule has 1 saturated heterocycles. The Bertz CT molecular complexity index is 337. The molecule has 2 heterocycles. The van der Waals surface area contributed by atoms with E-state index in [0.29, 0.717) is 0 Å². The molecule has 1 fully saturated rings. The number of hydrogen-bond acceptors (Lipinski definition) is 4. The van der Waals surface area contributed by atoms with E-state index < -0.39 is 0 Å². The highest BCUT2D eigenvalue weighted by Gasteiger charge is 2.36. The van der Waals surface area contributed by atoms with Crippen LogP contribution in [0.4, 0.5) is 0 Å². The number of aromatic nitrogens is 1. The van der Waals surface area contributed by atoms with Gasteiger partial charge in [-0.3, -0.25) is 0 Å². The number of rotatable bonds is 4. The number of ether oxygens (including phenoxy) is 1. The second-order valence-corrected chi connectivity index (χ2v) is 6.99. The van der Waals surface area contributed by atoms with Crippen molar-refractivity contribution in [3.63, 3.8) is 0 Å². The Kier molecular flexibility index (Phi) is 3.85. The number of hydrogen-bond donors (Lipinski definition) is 1. The van der Waals surface area contributed by atoms with Crippen LogP contribution in [0, 0.1) is 5.41 Å². The lowest BCUT2D eigenvalue weighted by Crippen LogP contribution is -2.45. The van der Waals surface area contributed by atoms with Crippen LogP contribution >= 0.6 is 11.3 Å². The fourth-order valence-corrected chi connectivity index (χ4v) is 2.89. The van der Waals surface area contributed by atoms with E-state index in [9.17, 15) is 0 Å². The summed E-state index contributed by atoms with van der Waals surface area (Å²) in [6, 6.07) is 0. The fourth-order valence-electron chi connectivity index (χ4n) is 2.10. The average molecular weight is 254 g/mol. The predicted octanol–water partition coefficient (Wildman–Crippen LogP) is 2.48. The average Bonchev–Trinajstić information content (AvgIpc) is 2.87.